The van der Waals surface area contributed by atoms with E-state index >= 15 is 0 Å². The van der Waals surface area contributed by atoms with Crippen LogP contribution in [0.4, 0.5) is 8.78 Å². The van der Waals surface area contributed by atoms with Crippen LogP contribution in [0.15, 0.2) is 24.3 Å². The number of pyridine rings is 1. The fraction of sp³-hybridized carbons (Fsp3) is 0.471. The Balaban J connectivity index is 2.13. The predicted molar refractivity (Wildman–Crippen MR) is 86.9 cm³/mol. The van der Waals surface area contributed by atoms with Crippen LogP contribution in [0, 0.1) is 0 Å². The van der Waals surface area contributed by atoms with Gasteiger partial charge in [0.15, 0.2) is 0 Å². The lowest BCUT2D eigenvalue weighted by molar-refractivity contribution is 0.0127. The van der Waals surface area contributed by atoms with Crippen molar-refractivity contribution in [3.8, 4) is 0 Å². The largest absolute Gasteiger partial charge is 0.387 e. The van der Waals surface area contributed by atoms with E-state index in [0.29, 0.717) is 21.5 Å². The molecule has 3 nitrogen and oxygen atoms in total. The van der Waals surface area contributed by atoms with E-state index in [1.165, 1.54) is 6.07 Å². The Morgan fingerprint density at radius 1 is 1.35 bits per heavy atom. The van der Waals surface area contributed by atoms with Crippen molar-refractivity contribution in [2.45, 2.75) is 44.3 Å². The summed E-state index contributed by atoms with van der Waals surface area (Å²) in [6.45, 7) is 1.63. The summed E-state index contributed by atoms with van der Waals surface area (Å²) >= 11 is 6.04. The molecule has 2 N–H and O–H groups in total. The third-order valence-corrected chi connectivity index (χ3v) is 4.54. The minimum absolute atomic E-state index is 0.147. The second kappa shape index (κ2) is 6.30. The number of halogens is 3. The van der Waals surface area contributed by atoms with Gasteiger partial charge in [-0.1, -0.05) is 18.0 Å². The zero-order chi connectivity index (χ0) is 16.6. The van der Waals surface area contributed by atoms with Crippen LogP contribution < -0.4 is 5.32 Å². The maximum absolute atomic E-state index is 13.8. The minimum Gasteiger partial charge on any atom is -0.387 e. The molecule has 2 unspecified atom stereocenters. The molecule has 0 aliphatic carbocycles. The standard InChI is InChI=1S/C17H19ClF2N2O/c1-17(19,20)15-9-12(16(23)14-4-2-3-7-21-14)11-8-10(18)5-6-13(11)22-15/h5-6,8-9,14,16,21,23H,2-4,7H2,1H3. The first kappa shape index (κ1) is 16.6. The molecule has 3 rings (SSSR count). The van der Waals surface area contributed by atoms with E-state index in [0.717, 1.165) is 32.7 Å². The maximum Gasteiger partial charge on any atom is 0.287 e. The normalized spacial score (nSPS) is 20.7. The Bertz CT molecular complexity index is 712. The Hall–Kier alpha value is -1.30. The number of piperidine rings is 1. The van der Waals surface area contributed by atoms with Crippen LogP contribution in [0.1, 0.15) is 43.5 Å². The quantitative estimate of drug-likeness (QED) is 0.881. The number of aliphatic hydroxyl groups is 1. The number of nitrogens with one attached hydrogen (secondary N) is 1. The average molecular weight is 341 g/mol. The van der Waals surface area contributed by atoms with Gasteiger partial charge in [0.1, 0.15) is 5.69 Å². The molecule has 0 bridgehead atoms. The van der Waals surface area contributed by atoms with Crippen molar-refractivity contribution in [2.24, 2.45) is 0 Å². The molecular formula is C17H19ClF2N2O. The highest BCUT2D eigenvalue weighted by molar-refractivity contribution is 6.31. The Kier molecular flexibility index (Phi) is 4.54. The minimum atomic E-state index is -3.07. The molecule has 0 saturated carbocycles. The molecule has 0 spiro atoms. The first-order valence-electron chi connectivity index (χ1n) is 7.76. The van der Waals surface area contributed by atoms with Crippen LogP contribution in [-0.4, -0.2) is 22.7 Å². The van der Waals surface area contributed by atoms with Gasteiger partial charge in [-0.15, -0.1) is 0 Å². The second-order valence-electron chi connectivity index (χ2n) is 6.15. The number of alkyl halides is 2. The lowest BCUT2D eigenvalue weighted by Crippen LogP contribution is -2.39. The van der Waals surface area contributed by atoms with E-state index < -0.39 is 12.0 Å². The van der Waals surface area contributed by atoms with Crippen molar-refractivity contribution in [1.82, 2.24) is 10.3 Å². The molecule has 2 aromatic rings. The Morgan fingerprint density at radius 3 is 2.78 bits per heavy atom. The predicted octanol–water partition coefficient (Wildman–Crippen LogP) is 4.18. The van der Waals surface area contributed by atoms with Crippen molar-refractivity contribution in [2.75, 3.05) is 6.54 Å². The van der Waals surface area contributed by atoms with E-state index in [9.17, 15) is 13.9 Å². The molecule has 1 aliphatic rings. The van der Waals surface area contributed by atoms with Crippen molar-refractivity contribution in [1.29, 1.82) is 0 Å². The summed E-state index contributed by atoms with van der Waals surface area (Å²) in [6, 6.07) is 6.05. The molecular weight excluding hydrogens is 322 g/mol. The monoisotopic (exact) mass is 340 g/mol. The number of hydrogen-bond donors (Lipinski definition) is 2. The third kappa shape index (κ3) is 3.47. The second-order valence-corrected chi connectivity index (χ2v) is 6.58. The molecule has 23 heavy (non-hydrogen) atoms. The van der Waals surface area contributed by atoms with Crippen LogP contribution in [0.25, 0.3) is 10.9 Å². The summed E-state index contributed by atoms with van der Waals surface area (Å²) in [5.41, 5.74) is 0.531. The van der Waals surface area contributed by atoms with E-state index in [-0.39, 0.29) is 11.7 Å². The number of aliphatic hydroxyl groups excluding tert-OH is 1. The highest BCUT2D eigenvalue weighted by Gasteiger charge is 2.30. The summed E-state index contributed by atoms with van der Waals surface area (Å²) in [7, 11) is 0. The first-order chi connectivity index (χ1) is 10.9. The van der Waals surface area contributed by atoms with E-state index in [1.54, 1.807) is 18.2 Å². The highest BCUT2D eigenvalue weighted by Crippen LogP contribution is 2.34. The molecule has 6 heteroatoms. The van der Waals surface area contributed by atoms with Crippen LogP contribution >= 0.6 is 11.6 Å². The first-order valence-corrected chi connectivity index (χ1v) is 8.14. The fourth-order valence-corrected chi connectivity index (χ4v) is 3.23. The van der Waals surface area contributed by atoms with Crippen LogP contribution in [0.3, 0.4) is 0 Å². The molecule has 1 aliphatic heterocycles. The maximum atomic E-state index is 13.8. The molecule has 1 fully saturated rings. The van der Waals surface area contributed by atoms with Gasteiger partial charge in [-0.3, -0.25) is 0 Å². The molecule has 2 atom stereocenters. The molecule has 1 aromatic heterocycles. The molecule has 0 radical (unpaired) electrons. The molecule has 1 aromatic carbocycles. The SMILES string of the molecule is CC(F)(F)c1cc(C(O)C2CCCCN2)c2cc(Cl)ccc2n1. The van der Waals surface area contributed by atoms with Crippen LogP contribution in [0.2, 0.25) is 5.02 Å². The zero-order valence-electron chi connectivity index (χ0n) is 12.8. The number of hydrogen-bond acceptors (Lipinski definition) is 3. The molecule has 1 saturated heterocycles. The number of aromatic nitrogens is 1. The topological polar surface area (TPSA) is 45.1 Å². The molecule has 0 amide bonds. The molecule has 2 heterocycles. The lowest BCUT2D eigenvalue weighted by atomic mass is 9.92. The van der Waals surface area contributed by atoms with E-state index in [1.807, 2.05) is 0 Å². The lowest BCUT2D eigenvalue weighted by Gasteiger charge is -2.29. The summed E-state index contributed by atoms with van der Waals surface area (Å²) < 4.78 is 27.5. The van der Waals surface area contributed by atoms with Gasteiger partial charge in [0, 0.05) is 23.4 Å². The Morgan fingerprint density at radius 2 is 2.13 bits per heavy atom. The van der Waals surface area contributed by atoms with Crippen molar-refractivity contribution < 1.29 is 13.9 Å². The smallest absolute Gasteiger partial charge is 0.287 e. The van der Waals surface area contributed by atoms with Gasteiger partial charge in [-0.2, -0.15) is 8.78 Å². The van der Waals surface area contributed by atoms with E-state index in [4.69, 9.17) is 11.6 Å². The van der Waals surface area contributed by atoms with Crippen molar-refractivity contribution >= 4 is 22.5 Å². The van der Waals surface area contributed by atoms with Gasteiger partial charge in [-0.05, 0) is 49.2 Å². The zero-order valence-corrected chi connectivity index (χ0v) is 13.6. The van der Waals surface area contributed by atoms with Gasteiger partial charge >= 0.3 is 0 Å². The fourth-order valence-electron chi connectivity index (χ4n) is 3.06. The van der Waals surface area contributed by atoms with Gasteiger partial charge in [0.25, 0.3) is 5.92 Å². The van der Waals surface area contributed by atoms with Crippen molar-refractivity contribution in [3.63, 3.8) is 0 Å². The van der Waals surface area contributed by atoms with Gasteiger partial charge in [0.2, 0.25) is 0 Å². The third-order valence-electron chi connectivity index (χ3n) is 4.30. The number of fused-ring (bicyclic) bond motifs is 1. The summed E-state index contributed by atoms with van der Waals surface area (Å²) in [5.74, 6) is -3.07. The van der Waals surface area contributed by atoms with Gasteiger partial charge in [-0.25, -0.2) is 4.98 Å². The van der Waals surface area contributed by atoms with Gasteiger partial charge < -0.3 is 10.4 Å². The van der Waals surface area contributed by atoms with Gasteiger partial charge in [0.05, 0.1) is 11.6 Å². The number of benzene rings is 1. The molecule has 124 valence electrons. The van der Waals surface area contributed by atoms with E-state index in [2.05, 4.69) is 10.3 Å². The highest BCUT2D eigenvalue weighted by atomic mass is 35.5. The Labute approximate surface area is 138 Å². The van der Waals surface area contributed by atoms with Crippen molar-refractivity contribution in [3.05, 3.63) is 40.5 Å². The average Bonchev–Trinajstić information content (AvgIpc) is 2.53. The van der Waals surface area contributed by atoms with Crippen LogP contribution in [-0.2, 0) is 5.92 Å². The summed E-state index contributed by atoms with van der Waals surface area (Å²) in [5, 5.41) is 15.1. The number of rotatable bonds is 3. The number of nitrogens with zero attached hydrogens (tertiary/aromatic N) is 1. The summed E-state index contributed by atoms with van der Waals surface area (Å²) in [4.78, 5) is 4.04. The summed E-state index contributed by atoms with van der Waals surface area (Å²) in [6.07, 6.45) is 2.00. The van der Waals surface area contributed by atoms with Crippen LogP contribution in [0.5, 0.6) is 0 Å².